The minimum atomic E-state index is 0.470. The van der Waals surface area contributed by atoms with E-state index in [9.17, 15) is 0 Å². The van der Waals surface area contributed by atoms with Crippen LogP contribution in [0.5, 0.6) is 5.75 Å². The number of ether oxygens (including phenoxy) is 2. The Kier molecular flexibility index (Phi) is 4.27. The zero-order valence-corrected chi connectivity index (χ0v) is 12.5. The van der Waals surface area contributed by atoms with Crippen LogP contribution in [-0.2, 0) is 4.74 Å². The Labute approximate surface area is 121 Å². The Bertz CT molecular complexity index is 442. The van der Waals surface area contributed by atoms with Gasteiger partial charge < -0.3 is 14.8 Å². The highest BCUT2D eigenvalue weighted by Gasteiger charge is 2.35. The van der Waals surface area contributed by atoms with Crippen molar-refractivity contribution >= 4 is 0 Å². The summed E-state index contributed by atoms with van der Waals surface area (Å²) in [5.74, 6) is 1.69. The van der Waals surface area contributed by atoms with E-state index in [1.165, 1.54) is 37.7 Å². The Morgan fingerprint density at radius 2 is 1.80 bits per heavy atom. The molecule has 0 saturated heterocycles. The Morgan fingerprint density at radius 1 is 1.00 bits per heavy atom. The zero-order chi connectivity index (χ0) is 13.9. The van der Waals surface area contributed by atoms with Gasteiger partial charge in [-0.05, 0) is 49.7 Å². The van der Waals surface area contributed by atoms with Gasteiger partial charge >= 0.3 is 0 Å². The predicted molar refractivity (Wildman–Crippen MR) is 80.3 cm³/mol. The molecule has 0 spiro atoms. The second-order valence-corrected chi connectivity index (χ2v) is 6.14. The molecule has 2 fully saturated rings. The van der Waals surface area contributed by atoms with Crippen LogP contribution in [-0.4, -0.2) is 32.4 Å². The van der Waals surface area contributed by atoms with Gasteiger partial charge in [0.15, 0.2) is 0 Å². The summed E-state index contributed by atoms with van der Waals surface area (Å²) in [6, 6.07) is 9.75. The molecule has 20 heavy (non-hydrogen) atoms. The summed E-state index contributed by atoms with van der Waals surface area (Å²) in [7, 11) is 3.59. The smallest absolute Gasteiger partial charge is 0.122 e. The van der Waals surface area contributed by atoms with Gasteiger partial charge in [-0.2, -0.15) is 0 Å². The monoisotopic (exact) mass is 275 g/mol. The summed E-state index contributed by atoms with van der Waals surface area (Å²) in [4.78, 5) is 0. The molecule has 0 aliphatic heterocycles. The normalized spacial score (nSPS) is 32.9. The fourth-order valence-electron chi connectivity index (χ4n) is 3.65. The van der Waals surface area contributed by atoms with Gasteiger partial charge in [0.05, 0.1) is 13.2 Å². The minimum absolute atomic E-state index is 0.470. The lowest BCUT2D eigenvalue weighted by atomic mass is 9.75. The van der Waals surface area contributed by atoms with Crippen LogP contribution in [0, 0.1) is 0 Å². The lowest BCUT2D eigenvalue weighted by Crippen LogP contribution is -2.44. The molecule has 3 rings (SSSR count). The average Bonchev–Trinajstić information content (AvgIpc) is 2.90. The van der Waals surface area contributed by atoms with E-state index in [4.69, 9.17) is 9.47 Å². The van der Waals surface area contributed by atoms with E-state index in [1.807, 2.05) is 13.2 Å². The molecular formula is C17H25NO2. The number of benzene rings is 1. The van der Waals surface area contributed by atoms with Crippen molar-refractivity contribution in [3.05, 3.63) is 29.8 Å². The van der Waals surface area contributed by atoms with E-state index in [0.717, 1.165) is 5.75 Å². The van der Waals surface area contributed by atoms with Gasteiger partial charge in [0, 0.05) is 19.2 Å². The molecule has 2 aliphatic rings. The second-order valence-electron chi connectivity index (χ2n) is 6.14. The topological polar surface area (TPSA) is 30.5 Å². The number of hydrogen-bond donors (Lipinski definition) is 1. The Balaban J connectivity index is 1.49. The third-order valence-corrected chi connectivity index (χ3v) is 4.91. The Morgan fingerprint density at radius 3 is 2.50 bits per heavy atom. The van der Waals surface area contributed by atoms with Crippen molar-refractivity contribution < 1.29 is 9.47 Å². The first kappa shape index (κ1) is 13.9. The highest BCUT2D eigenvalue weighted by molar-refractivity contribution is 5.37. The highest BCUT2D eigenvalue weighted by Crippen LogP contribution is 2.41. The average molecular weight is 275 g/mol. The summed E-state index contributed by atoms with van der Waals surface area (Å²) in [5, 5.41) is 3.80. The summed E-state index contributed by atoms with van der Waals surface area (Å²) >= 11 is 0. The summed E-state index contributed by atoms with van der Waals surface area (Å²) in [5.41, 5.74) is 1.37. The van der Waals surface area contributed by atoms with E-state index in [0.29, 0.717) is 24.1 Å². The number of para-hydroxylation sites is 1. The van der Waals surface area contributed by atoms with Crippen LogP contribution in [0.15, 0.2) is 24.3 Å². The number of nitrogens with one attached hydrogen (secondary N) is 1. The lowest BCUT2D eigenvalue weighted by molar-refractivity contribution is 0.105. The van der Waals surface area contributed by atoms with Crippen LogP contribution in [0.2, 0.25) is 0 Å². The van der Waals surface area contributed by atoms with Crippen LogP contribution in [0.4, 0.5) is 0 Å². The molecule has 0 radical (unpaired) electrons. The number of methoxy groups -OCH3 is 2. The van der Waals surface area contributed by atoms with Crippen LogP contribution in [0.1, 0.15) is 43.6 Å². The molecule has 3 heteroatoms. The molecule has 3 nitrogen and oxygen atoms in total. The number of rotatable bonds is 5. The van der Waals surface area contributed by atoms with E-state index < -0.39 is 0 Å². The maximum Gasteiger partial charge on any atom is 0.122 e. The standard InChI is InChI=1S/C17H25NO2/c1-19-15-8-7-13(11-15)18-14-9-12(10-14)16-5-3-4-6-17(16)20-2/h3-6,12-15,18H,7-11H2,1-2H3. The van der Waals surface area contributed by atoms with Gasteiger partial charge in [0.25, 0.3) is 0 Å². The van der Waals surface area contributed by atoms with E-state index in [2.05, 4.69) is 23.5 Å². The highest BCUT2D eigenvalue weighted by atomic mass is 16.5. The molecule has 0 aromatic heterocycles. The maximum absolute atomic E-state index is 5.46. The van der Waals surface area contributed by atoms with E-state index >= 15 is 0 Å². The molecule has 2 aliphatic carbocycles. The third kappa shape index (κ3) is 2.84. The molecule has 2 unspecified atom stereocenters. The maximum atomic E-state index is 5.46. The van der Waals surface area contributed by atoms with Crippen LogP contribution >= 0.6 is 0 Å². The fourth-order valence-corrected chi connectivity index (χ4v) is 3.65. The molecule has 2 saturated carbocycles. The quantitative estimate of drug-likeness (QED) is 0.895. The summed E-state index contributed by atoms with van der Waals surface area (Å²) in [6.07, 6.45) is 6.57. The summed E-state index contributed by atoms with van der Waals surface area (Å²) < 4.78 is 10.9. The van der Waals surface area contributed by atoms with Crippen LogP contribution in [0.3, 0.4) is 0 Å². The second kappa shape index (κ2) is 6.15. The predicted octanol–water partition coefficient (Wildman–Crippen LogP) is 3.10. The molecule has 1 N–H and O–H groups in total. The molecule has 110 valence electrons. The molecule has 1 aromatic rings. The fraction of sp³-hybridized carbons (Fsp3) is 0.647. The summed E-state index contributed by atoms with van der Waals surface area (Å²) in [6.45, 7) is 0. The van der Waals surface area contributed by atoms with E-state index in [-0.39, 0.29) is 0 Å². The molecule has 1 aromatic carbocycles. The van der Waals surface area contributed by atoms with Crippen molar-refractivity contribution in [2.75, 3.05) is 14.2 Å². The van der Waals surface area contributed by atoms with Gasteiger partial charge in [-0.15, -0.1) is 0 Å². The first-order valence-electron chi connectivity index (χ1n) is 7.72. The molecule has 0 amide bonds. The first-order valence-corrected chi connectivity index (χ1v) is 7.72. The van der Waals surface area contributed by atoms with Gasteiger partial charge in [0.2, 0.25) is 0 Å². The molecule has 0 heterocycles. The van der Waals surface area contributed by atoms with Gasteiger partial charge in [-0.1, -0.05) is 18.2 Å². The lowest BCUT2D eigenvalue weighted by Gasteiger charge is -2.38. The zero-order valence-electron chi connectivity index (χ0n) is 12.5. The van der Waals surface area contributed by atoms with Crippen molar-refractivity contribution in [2.24, 2.45) is 0 Å². The van der Waals surface area contributed by atoms with Crippen LogP contribution < -0.4 is 10.1 Å². The molecular weight excluding hydrogens is 250 g/mol. The van der Waals surface area contributed by atoms with Crippen molar-refractivity contribution in [3.8, 4) is 5.75 Å². The van der Waals surface area contributed by atoms with Crippen molar-refractivity contribution in [2.45, 2.75) is 56.2 Å². The van der Waals surface area contributed by atoms with Crippen LogP contribution in [0.25, 0.3) is 0 Å². The van der Waals surface area contributed by atoms with Crippen molar-refractivity contribution in [1.29, 1.82) is 0 Å². The van der Waals surface area contributed by atoms with Gasteiger partial charge in [-0.3, -0.25) is 0 Å². The largest absolute Gasteiger partial charge is 0.496 e. The van der Waals surface area contributed by atoms with Gasteiger partial charge in [-0.25, -0.2) is 0 Å². The Hall–Kier alpha value is -1.06. The minimum Gasteiger partial charge on any atom is -0.496 e. The first-order chi connectivity index (χ1) is 9.80. The number of hydrogen-bond acceptors (Lipinski definition) is 3. The van der Waals surface area contributed by atoms with Gasteiger partial charge in [0.1, 0.15) is 5.75 Å². The SMILES string of the molecule is COc1ccccc1C1CC(NC2CCC(OC)C2)C1. The van der Waals surface area contributed by atoms with Crippen molar-refractivity contribution in [1.82, 2.24) is 5.32 Å². The third-order valence-electron chi connectivity index (χ3n) is 4.91. The molecule has 0 bridgehead atoms. The van der Waals surface area contributed by atoms with Crippen molar-refractivity contribution in [3.63, 3.8) is 0 Å². The van der Waals surface area contributed by atoms with E-state index in [1.54, 1.807) is 7.11 Å². The molecule has 2 atom stereocenters.